The van der Waals surface area contributed by atoms with Gasteiger partial charge in [-0.05, 0) is 24.6 Å². The van der Waals surface area contributed by atoms with Crippen LogP contribution in [0, 0.1) is 6.92 Å². The van der Waals surface area contributed by atoms with Crippen LogP contribution in [0.1, 0.15) is 5.56 Å². The maximum absolute atomic E-state index is 9.40. The van der Waals surface area contributed by atoms with Crippen LogP contribution in [0.3, 0.4) is 0 Å². The van der Waals surface area contributed by atoms with Crippen LogP contribution in [-0.4, -0.2) is 51.9 Å². The number of hydrogen-bond donors (Lipinski definition) is 1. The summed E-state index contributed by atoms with van der Waals surface area (Å²) in [4.78, 5) is 0. The third-order valence-electron chi connectivity index (χ3n) is 2.34. The zero-order chi connectivity index (χ0) is 13.9. The molecule has 0 fully saturated rings. The number of benzene rings is 1. The van der Waals surface area contributed by atoms with Crippen LogP contribution in [0.25, 0.3) is 0 Å². The highest BCUT2D eigenvalue weighted by Crippen LogP contribution is 2.20. The molecule has 0 aromatic heterocycles. The molecule has 0 atom stereocenters. The van der Waals surface area contributed by atoms with Gasteiger partial charge in [0.2, 0.25) is 0 Å². The predicted octanol–water partition coefficient (Wildman–Crippen LogP) is 1.76. The molecule has 0 radical (unpaired) electrons. The van der Waals surface area contributed by atoms with Gasteiger partial charge in [-0.1, -0.05) is 0 Å². The van der Waals surface area contributed by atoms with E-state index in [0.29, 0.717) is 45.4 Å². The van der Waals surface area contributed by atoms with Gasteiger partial charge in [0.05, 0.1) is 33.0 Å². The van der Waals surface area contributed by atoms with Gasteiger partial charge in [-0.25, -0.2) is 0 Å². The Morgan fingerprint density at radius 1 is 0.895 bits per heavy atom. The van der Waals surface area contributed by atoms with Gasteiger partial charge in [-0.2, -0.15) is 0 Å². The lowest BCUT2D eigenvalue weighted by molar-refractivity contribution is 0.0179. The molecular formula is C14H22O5. The minimum absolute atomic E-state index is 0.211. The fourth-order valence-electron chi connectivity index (χ4n) is 1.49. The van der Waals surface area contributed by atoms with E-state index in [4.69, 9.17) is 18.9 Å². The molecule has 0 spiro atoms. The van der Waals surface area contributed by atoms with Gasteiger partial charge in [0, 0.05) is 13.2 Å². The molecule has 108 valence electrons. The predicted molar refractivity (Wildman–Crippen MR) is 71.9 cm³/mol. The van der Waals surface area contributed by atoms with E-state index in [1.807, 2.05) is 13.0 Å². The number of phenolic OH excluding ortho intramolecular Hbond substituents is 1. The third kappa shape index (κ3) is 7.66. The van der Waals surface area contributed by atoms with E-state index in [2.05, 4.69) is 0 Å². The summed E-state index contributed by atoms with van der Waals surface area (Å²) in [7, 11) is 1.64. The lowest BCUT2D eigenvalue weighted by atomic mass is 10.2. The van der Waals surface area contributed by atoms with Crippen molar-refractivity contribution in [3.05, 3.63) is 23.8 Å². The second-order valence-electron chi connectivity index (χ2n) is 4.07. The Bertz CT molecular complexity index is 333. The highest BCUT2D eigenvalue weighted by molar-refractivity contribution is 5.36. The Kier molecular flexibility index (Phi) is 7.97. The first kappa shape index (κ1) is 15.8. The summed E-state index contributed by atoms with van der Waals surface area (Å²) < 4.78 is 20.9. The number of phenols is 1. The molecule has 19 heavy (non-hydrogen) atoms. The van der Waals surface area contributed by atoms with Crippen molar-refractivity contribution in [3.8, 4) is 11.5 Å². The average molecular weight is 270 g/mol. The van der Waals surface area contributed by atoms with Crippen molar-refractivity contribution in [3.63, 3.8) is 0 Å². The van der Waals surface area contributed by atoms with Crippen molar-refractivity contribution in [2.75, 3.05) is 46.8 Å². The molecular weight excluding hydrogens is 248 g/mol. The second kappa shape index (κ2) is 9.61. The van der Waals surface area contributed by atoms with Crippen molar-refractivity contribution >= 4 is 0 Å². The molecule has 0 heterocycles. The molecule has 0 aliphatic carbocycles. The average Bonchev–Trinajstić information content (AvgIpc) is 2.36. The number of aryl methyl sites for hydroxylation is 1. The molecule has 1 N–H and O–H groups in total. The Hall–Kier alpha value is -1.30. The van der Waals surface area contributed by atoms with Crippen LogP contribution in [0.2, 0.25) is 0 Å². The van der Waals surface area contributed by atoms with Crippen molar-refractivity contribution in [2.24, 2.45) is 0 Å². The Morgan fingerprint density at radius 3 is 2.16 bits per heavy atom. The molecule has 1 aromatic rings. The Morgan fingerprint density at radius 2 is 1.53 bits per heavy atom. The first-order valence-electron chi connectivity index (χ1n) is 6.30. The van der Waals surface area contributed by atoms with E-state index in [1.165, 1.54) is 0 Å². The van der Waals surface area contributed by atoms with E-state index < -0.39 is 0 Å². The smallest absolute Gasteiger partial charge is 0.123 e. The normalized spacial score (nSPS) is 10.6. The third-order valence-corrected chi connectivity index (χ3v) is 2.34. The molecule has 5 nitrogen and oxygen atoms in total. The standard InChI is InChI=1S/C14H22O5/c1-12-9-13(15)11-14(10-12)19-8-7-18-6-5-17-4-3-16-2/h9-11,15H,3-8H2,1-2H3. The van der Waals surface area contributed by atoms with Gasteiger partial charge in [0.15, 0.2) is 0 Å². The number of rotatable bonds is 10. The first-order valence-corrected chi connectivity index (χ1v) is 6.30. The summed E-state index contributed by atoms with van der Waals surface area (Å²) in [6, 6.07) is 5.13. The van der Waals surface area contributed by atoms with E-state index in [1.54, 1.807) is 19.2 Å². The monoisotopic (exact) mass is 270 g/mol. The molecule has 0 saturated heterocycles. The van der Waals surface area contributed by atoms with Crippen LogP contribution in [0.4, 0.5) is 0 Å². The number of methoxy groups -OCH3 is 1. The molecule has 1 aromatic carbocycles. The minimum atomic E-state index is 0.211. The topological polar surface area (TPSA) is 57.2 Å². The van der Waals surface area contributed by atoms with Crippen LogP contribution in [0.5, 0.6) is 11.5 Å². The lowest BCUT2D eigenvalue weighted by Gasteiger charge is -2.08. The van der Waals surface area contributed by atoms with Crippen molar-refractivity contribution in [1.29, 1.82) is 0 Å². The summed E-state index contributed by atoms with van der Waals surface area (Å²) in [5.74, 6) is 0.861. The van der Waals surface area contributed by atoms with Crippen molar-refractivity contribution < 1.29 is 24.1 Å². The van der Waals surface area contributed by atoms with Gasteiger partial charge in [0.25, 0.3) is 0 Å². The van der Waals surface area contributed by atoms with Gasteiger partial charge >= 0.3 is 0 Å². The van der Waals surface area contributed by atoms with Gasteiger partial charge < -0.3 is 24.1 Å². The maximum atomic E-state index is 9.40. The van der Waals surface area contributed by atoms with Crippen molar-refractivity contribution in [2.45, 2.75) is 6.92 Å². The van der Waals surface area contributed by atoms with E-state index in [9.17, 15) is 5.11 Å². The number of hydrogen-bond acceptors (Lipinski definition) is 5. The van der Waals surface area contributed by atoms with Crippen LogP contribution < -0.4 is 4.74 Å². The lowest BCUT2D eigenvalue weighted by Crippen LogP contribution is -2.12. The molecule has 0 amide bonds. The Labute approximate surface area is 114 Å². The summed E-state index contributed by atoms with van der Waals surface area (Å²) in [6.45, 7) is 5.10. The largest absolute Gasteiger partial charge is 0.508 e. The van der Waals surface area contributed by atoms with E-state index in [0.717, 1.165) is 5.56 Å². The molecule has 0 bridgehead atoms. The van der Waals surface area contributed by atoms with E-state index in [-0.39, 0.29) is 5.75 Å². The molecule has 5 heteroatoms. The van der Waals surface area contributed by atoms with Crippen LogP contribution >= 0.6 is 0 Å². The molecule has 1 rings (SSSR count). The summed E-state index contributed by atoms with van der Waals surface area (Å²) in [5, 5.41) is 9.40. The quantitative estimate of drug-likeness (QED) is 0.656. The Balaban J connectivity index is 2.01. The highest BCUT2D eigenvalue weighted by Gasteiger charge is 1.98. The molecule has 0 unspecified atom stereocenters. The van der Waals surface area contributed by atoms with E-state index >= 15 is 0 Å². The summed E-state index contributed by atoms with van der Waals surface area (Å²) in [6.07, 6.45) is 0. The SMILES string of the molecule is COCCOCCOCCOc1cc(C)cc(O)c1. The van der Waals surface area contributed by atoms with Gasteiger partial charge in [-0.15, -0.1) is 0 Å². The van der Waals surface area contributed by atoms with Gasteiger partial charge in [0.1, 0.15) is 18.1 Å². The zero-order valence-electron chi connectivity index (χ0n) is 11.6. The maximum Gasteiger partial charge on any atom is 0.123 e. The second-order valence-corrected chi connectivity index (χ2v) is 4.07. The van der Waals surface area contributed by atoms with Crippen molar-refractivity contribution in [1.82, 2.24) is 0 Å². The van der Waals surface area contributed by atoms with Crippen LogP contribution in [0.15, 0.2) is 18.2 Å². The number of ether oxygens (including phenoxy) is 4. The van der Waals surface area contributed by atoms with Crippen LogP contribution in [-0.2, 0) is 14.2 Å². The fourth-order valence-corrected chi connectivity index (χ4v) is 1.49. The first-order chi connectivity index (χ1) is 9.22. The summed E-state index contributed by atoms with van der Waals surface area (Å²) >= 11 is 0. The molecule has 0 aliphatic rings. The fraction of sp³-hybridized carbons (Fsp3) is 0.571. The zero-order valence-corrected chi connectivity index (χ0v) is 11.6. The number of aromatic hydroxyl groups is 1. The molecule has 0 aliphatic heterocycles. The highest BCUT2D eigenvalue weighted by atomic mass is 16.6. The minimum Gasteiger partial charge on any atom is -0.508 e. The molecule has 0 saturated carbocycles. The van der Waals surface area contributed by atoms with Gasteiger partial charge in [-0.3, -0.25) is 0 Å². The summed E-state index contributed by atoms with van der Waals surface area (Å²) in [5.41, 5.74) is 0.961.